The Hall–Kier alpha value is -1.42. The Morgan fingerprint density at radius 2 is 2.18 bits per heavy atom. The number of hydrogen-bond acceptors (Lipinski definition) is 2. The molecular formula is C13H19FN2O. The Morgan fingerprint density at radius 1 is 1.47 bits per heavy atom. The maximum Gasteiger partial charge on any atom is 0.224 e. The average molecular weight is 238 g/mol. The van der Waals surface area contributed by atoms with Crippen molar-refractivity contribution < 1.29 is 9.18 Å². The van der Waals surface area contributed by atoms with Gasteiger partial charge in [0.2, 0.25) is 5.91 Å². The molecule has 3 nitrogen and oxygen atoms in total. The van der Waals surface area contributed by atoms with Crippen LogP contribution in [0.4, 0.5) is 4.39 Å². The molecule has 1 aromatic carbocycles. The van der Waals surface area contributed by atoms with Crippen LogP contribution in [-0.4, -0.2) is 19.5 Å². The lowest BCUT2D eigenvalue weighted by molar-refractivity contribution is -0.124. The van der Waals surface area contributed by atoms with Crippen molar-refractivity contribution in [2.45, 2.75) is 20.4 Å². The second-order valence-electron chi connectivity index (χ2n) is 4.26. The van der Waals surface area contributed by atoms with Crippen LogP contribution in [0.1, 0.15) is 18.1 Å². The van der Waals surface area contributed by atoms with E-state index in [9.17, 15) is 9.18 Å². The van der Waals surface area contributed by atoms with E-state index in [4.69, 9.17) is 0 Å². The molecule has 0 heterocycles. The quantitative estimate of drug-likeness (QED) is 0.818. The van der Waals surface area contributed by atoms with Crippen LogP contribution in [0.25, 0.3) is 0 Å². The second-order valence-corrected chi connectivity index (χ2v) is 4.26. The molecule has 1 unspecified atom stereocenters. The summed E-state index contributed by atoms with van der Waals surface area (Å²) in [7, 11) is 1.80. The number of aryl methyl sites for hydroxylation is 1. The van der Waals surface area contributed by atoms with Gasteiger partial charge in [-0.3, -0.25) is 4.79 Å². The van der Waals surface area contributed by atoms with Crippen molar-refractivity contribution in [2.75, 3.05) is 13.6 Å². The number of rotatable bonds is 5. The van der Waals surface area contributed by atoms with Gasteiger partial charge in [0.15, 0.2) is 0 Å². The van der Waals surface area contributed by atoms with E-state index in [0.29, 0.717) is 18.7 Å². The van der Waals surface area contributed by atoms with E-state index in [1.54, 1.807) is 20.0 Å². The zero-order valence-electron chi connectivity index (χ0n) is 10.5. The van der Waals surface area contributed by atoms with Crippen molar-refractivity contribution >= 4 is 5.91 Å². The van der Waals surface area contributed by atoms with Gasteiger partial charge in [-0.2, -0.15) is 0 Å². The lowest BCUT2D eigenvalue weighted by Crippen LogP contribution is -2.33. The fourth-order valence-electron chi connectivity index (χ4n) is 1.51. The Morgan fingerprint density at radius 3 is 2.76 bits per heavy atom. The van der Waals surface area contributed by atoms with E-state index in [0.717, 1.165) is 5.56 Å². The van der Waals surface area contributed by atoms with Gasteiger partial charge in [-0.05, 0) is 31.2 Å². The molecule has 0 aliphatic carbocycles. The number of halogens is 1. The van der Waals surface area contributed by atoms with E-state index < -0.39 is 0 Å². The lowest BCUT2D eigenvalue weighted by atomic mass is 10.1. The fraction of sp³-hybridized carbons (Fsp3) is 0.462. The van der Waals surface area contributed by atoms with E-state index >= 15 is 0 Å². The number of nitrogens with one attached hydrogen (secondary N) is 2. The van der Waals surface area contributed by atoms with Crippen LogP contribution in [0.3, 0.4) is 0 Å². The number of hydrogen-bond donors (Lipinski definition) is 2. The van der Waals surface area contributed by atoms with Gasteiger partial charge in [0, 0.05) is 19.0 Å². The van der Waals surface area contributed by atoms with E-state index in [1.807, 2.05) is 13.0 Å². The first-order valence-electron chi connectivity index (χ1n) is 5.72. The number of carbonyl (C=O) groups excluding carboxylic acids is 1. The fourth-order valence-corrected chi connectivity index (χ4v) is 1.51. The third kappa shape index (κ3) is 4.15. The van der Waals surface area contributed by atoms with E-state index in [-0.39, 0.29) is 17.6 Å². The van der Waals surface area contributed by atoms with Gasteiger partial charge in [0.1, 0.15) is 5.82 Å². The summed E-state index contributed by atoms with van der Waals surface area (Å²) in [6, 6.07) is 4.99. The molecule has 0 spiro atoms. The standard InChI is InChI=1S/C13H19FN2O/c1-9-4-5-11(6-12(9)14)8-16-13(17)10(2)7-15-3/h4-6,10,15H,7-8H2,1-3H3,(H,16,17). The molecular weight excluding hydrogens is 219 g/mol. The topological polar surface area (TPSA) is 41.1 Å². The Balaban J connectivity index is 2.50. The molecule has 1 atom stereocenters. The molecule has 0 bridgehead atoms. The largest absolute Gasteiger partial charge is 0.352 e. The van der Waals surface area contributed by atoms with Crippen LogP contribution >= 0.6 is 0 Å². The van der Waals surface area contributed by atoms with Gasteiger partial charge >= 0.3 is 0 Å². The molecule has 4 heteroatoms. The minimum atomic E-state index is -0.236. The Bertz CT molecular complexity index is 393. The van der Waals surface area contributed by atoms with Gasteiger partial charge < -0.3 is 10.6 Å². The van der Waals surface area contributed by atoms with Gasteiger partial charge in [-0.25, -0.2) is 4.39 Å². The second kappa shape index (κ2) is 6.35. The van der Waals surface area contributed by atoms with Crippen LogP contribution in [0.2, 0.25) is 0 Å². The van der Waals surface area contributed by atoms with E-state index in [1.165, 1.54) is 6.07 Å². The van der Waals surface area contributed by atoms with Crippen molar-refractivity contribution in [2.24, 2.45) is 5.92 Å². The molecule has 2 N–H and O–H groups in total. The maximum atomic E-state index is 13.3. The van der Waals surface area contributed by atoms with Gasteiger partial charge in [0.25, 0.3) is 0 Å². The van der Waals surface area contributed by atoms with Crippen molar-refractivity contribution in [3.05, 3.63) is 35.1 Å². The van der Waals surface area contributed by atoms with Gasteiger partial charge in [-0.1, -0.05) is 19.1 Å². The predicted molar refractivity (Wildman–Crippen MR) is 66.1 cm³/mol. The molecule has 0 aromatic heterocycles. The highest BCUT2D eigenvalue weighted by molar-refractivity contribution is 5.78. The normalized spacial score (nSPS) is 12.2. The zero-order valence-corrected chi connectivity index (χ0v) is 10.5. The summed E-state index contributed by atoms with van der Waals surface area (Å²) in [5.74, 6) is -0.351. The molecule has 0 saturated heterocycles. The molecule has 1 rings (SSSR count). The average Bonchev–Trinajstić information content (AvgIpc) is 2.30. The highest BCUT2D eigenvalue weighted by atomic mass is 19.1. The summed E-state index contributed by atoms with van der Waals surface area (Å²) in [4.78, 5) is 11.6. The summed E-state index contributed by atoms with van der Waals surface area (Å²) in [6.45, 7) is 4.56. The SMILES string of the molecule is CNCC(C)C(=O)NCc1ccc(C)c(F)c1. The maximum absolute atomic E-state index is 13.3. The number of amides is 1. The lowest BCUT2D eigenvalue weighted by Gasteiger charge is -2.11. The summed E-state index contributed by atoms with van der Waals surface area (Å²) in [6.07, 6.45) is 0. The Kier molecular flexibility index (Phi) is 5.10. The molecule has 17 heavy (non-hydrogen) atoms. The highest BCUT2D eigenvalue weighted by Gasteiger charge is 2.11. The van der Waals surface area contributed by atoms with Gasteiger partial charge in [0.05, 0.1) is 0 Å². The molecule has 0 aliphatic heterocycles. The number of benzene rings is 1. The summed E-state index contributed by atoms with van der Waals surface area (Å²) in [5, 5.41) is 5.73. The summed E-state index contributed by atoms with van der Waals surface area (Å²) >= 11 is 0. The number of carbonyl (C=O) groups is 1. The molecule has 1 aromatic rings. The minimum Gasteiger partial charge on any atom is -0.352 e. The molecule has 0 saturated carbocycles. The third-order valence-corrected chi connectivity index (χ3v) is 2.66. The summed E-state index contributed by atoms with van der Waals surface area (Å²) in [5.41, 5.74) is 1.39. The predicted octanol–water partition coefficient (Wildman–Crippen LogP) is 1.61. The van der Waals surface area contributed by atoms with Crippen molar-refractivity contribution in [3.8, 4) is 0 Å². The van der Waals surface area contributed by atoms with Crippen LogP contribution in [-0.2, 0) is 11.3 Å². The highest BCUT2D eigenvalue weighted by Crippen LogP contribution is 2.09. The monoisotopic (exact) mass is 238 g/mol. The minimum absolute atomic E-state index is 0.0275. The first-order valence-corrected chi connectivity index (χ1v) is 5.72. The molecule has 0 fully saturated rings. The molecule has 0 radical (unpaired) electrons. The third-order valence-electron chi connectivity index (χ3n) is 2.66. The summed E-state index contributed by atoms with van der Waals surface area (Å²) < 4.78 is 13.3. The first kappa shape index (κ1) is 13.6. The molecule has 0 aliphatic rings. The van der Waals surface area contributed by atoms with Crippen LogP contribution in [0, 0.1) is 18.7 Å². The van der Waals surface area contributed by atoms with Crippen LogP contribution in [0.5, 0.6) is 0 Å². The Labute approximate surface area is 101 Å². The van der Waals surface area contributed by atoms with Gasteiger partial charge in [-0.15, -0.1) is 0 Å². The van der Waals surface area contributed by atoms with Crippen molar-refractivity contribution in [1.82, 2.24) is 10.6 Å². The molecule has 1 amide bonds. The molecule has 94 valence electrons. The van der Waals surface area contributed by atoms with Crippen LogP contribution < -0.4 is 10.6 Å². The van der Waals surface area contributed by atoms with Crippen molar-refractivity contribution in [1.29, 1.82) is 0 Å². The van der Waals surface area contributed by atoms with Crippen molar-refractivity contribution in [3.63, 3.8) is 0 Å². The smallest absolute Gasteiger partial charge is 0.224 e. The zero-order chi connectivity index (χ0) is 12.8. The van der Waals surface area contributed by atoms with E-state index in [2.05, 4.69) is 10.6 Å². The first-order chi connectivity index (χ1) is 8.04. The van der Waals surface area contributed by atoms with Crippen LogP contribution in [0.15, 0.2) is 18.2 Å².